The van der Waals surface area contributed by atoms with Crippen molar-refractivity contribution in [1.82, 2.24) is 10.6 Å². The first-order valence-electron chi connectivity index (χ1n) is 8.74. The SMILES string of the molecule is CCOC(=O)C1=C(c2ccccc2)NC(=S)N[C@H]1c1ccc(OC)cc1C. The third kappa shape index (κ3) is 3.95. The summed E-state index contributed by atoms with van der Waals surface area (Å²) in [5, 5.41) is 6.82. The minimum atomic E-state index is -0.418. The topological polar surface area (TPSA) is 59.6 Å². The van der Waals surface area contributed by atoms with Gasteiger partial charge in [0.25, 0.3) is 0 Å². The van der Waals surface area contributed by atoms with E-state index in [0.29, 0.717) is 23.0 Å². The van der Waals surface area contributed by atoms with Crippen LogP contribution in [0.2, 0.25) is 0 Å². The molecule has 0 spiro atoms. The van der Waals surface area contributed by atoms with E-state index in [1.165, 1.54) is 0 Å². The Morgan fingerprint density at radius 1 is 1.19 bits per heavy atom. The highest BCUT2D eigenvalue weighted by molar-refractivity contribution is 7.80. The van der Waals surface area contributed by atoms with Crippen molar-refractivity contribution in [3.63, 3.8) is 0 Å². The highest BCUT2D eigenvalue weighted by Crippen LogP contribution is 2.34. The van der Waals surface area contributed by atoms with Gasteiger partial charge in [0.15, 0.2) is 5.11 Å². The molecule has 2 aromatic rings. The van der Waals surface area contributed by atoms with E-state index >= 15 is 0 Å². The summed E-state index contributed by atoms with van der Waals surface area (Å²) in [6, 6.07) is 15.0. The molecule has 0 aliphatic carbocycles. The van der Waals surface area contributed by atoms with Crippen LogP contribution in [0.4, 0.5) is 0 Å². The Morgan fingerprint density at radius 3 is 2.56 bits per heavy atom. The predicted octanol–water partition coefficient (Wildman–Crippen LogP) is 3.50. The van der Waals surface area contributed by atoms with Crippen molar-refractivity contribution in [2.75, 3.05) is 13.7 Å². The van der Waals surface area contributed by atoms with Crippen LogP contribution in [-0.4, -0.2) is 24.8 Å². The molecule has 0 amide bonds. The Hall–Kier alpha value is -2.86. The predicted molar refractivity (Wildman–Crippen MR) is 109 cm³/mol. The first-order chi connectivity index (χ1) is 13.0. The van der Waals surface area contributed by atoms with Crippen LogP contribution in [0, 0.1) is 6.92 Å². The van der Waals surface area contributed by atoms with Crippen molar-refractivity contribution >= 4 is 29.0 Å². The van der Waals surface area contributed by atoms with E-state index < -0.39 is 6.04 Å². The smallest absolute Gasteiger partial charge is 0.338 e. The van der Waals surface area contributed by atoms with E-state index in [4.69, 9.17) is 21.7 Å². The number of esters is 1. The Labute approximate surface area is 164 Å². The van der Waals surface area contributed by atoms with Gasteiger partial charge in [-0.2, -0.15) is 0 Å². The third-order valence-electron chi connectivity index (χ3n) is 4.42. The molecular weight excluding hydrogens is 360 g/mol. The van der Waals surface area contributed by atoms with Crippen LogP contribution in [0.5, 0.6) is 5.75 Å². The van der Waals surface area contributed by atoms with E-state index in [2.05, 4.69) is 10.6 Å². The molecule has 0 aromatic heterocycles. The zero-order chi connectivity index (χ0) is 19.4. The quantitative estimate of drug-likeness (QED) is 0.610. The first-order valence-corrected chi connectivity index (χ1v) is 9.14. The number of nitrogens with one attached hydrogen (secondary N) is 2. The maximum absolute atomic E-state index is 12.9. The number of methoxy groups -OCH3 is 1. The molecule has 6 heteroatoms. The molecule has 0 bridgehead atoms. The summed E-state index contributed by atoms with van der Waals surface area (Å²) < 4.78 is 10.7. The van der Waals surface area contributed by atoms with Gasteiger partial charge in [-0.25, -0.2) is 4.79 Å². The molecule has 0 saturated carbocycles. The lowest BCUT2D eigenvalue weighted by molar-refractivity contribution is -0.138. The number of ether oxygens (including phenoxy) is 2. The number of hydrogen-bond donors (Lipinski definition) is 2. The van der Waals surface area contributed by atoms with Crippen molar-refractivity contribution in [1.29, 1.82) is 0 Å². The van der Waals surface area contributed by atoms with Gasteiger partial charge in [0.2, 0.25) is 0 Å². The molecule has 2 aromatic carbocycles. The second kappa shape index (κ2) is 8.22. The summed E-state index contributed by atoms with van der Waals surface area (Å²) in [5.41, 5.74) is 3.98. The zero-order valence-corrected chi connectivity index (χ0v) is 16.4. The standard InChI is InChI=1S/C21H22N2O3S/c1-4-26-20(24)17-18(14-8-6-5-7-9-14)22-21(27)23-19(17)16-11-10-15(25-3)12-13(16)2/h5-12,19H,4H2,1-3H3,(H2,22,23,27)/t19-/m0/s1. The minimum Gasteiger partial charge on any atom is -0.497 e. The van der Waals surface area contributed by atoms with Crippen LogP contribution in [0.1, 0.15) is 29.7 Å². The average molecular weight is 382 g/mol. The number of rotatable bonds is 5. The molecule has 2 N–H and O–H groups in total. The van der Waals surface area contributed by atoms with Crippen LogP contribution in [0.25, 0.3) is 5.70 Å². The van der Waals surface area contributed by atoms with Gasteiger partial charge in [-0.15, -0.1) is 0 Å². The van der Waals surface area contributed by atoms with Gasteiger partial charge in [-0.3, -0.25) is 0 Å². The van der Waals surface area contributed by atoms with Gasteiger partial charge in [0, 0.05) is 0 Å². The molecule has 140 valence electrons. The molecule has 27 heavy (non-hydrogen) atoms. The van der Waals surface area contributed by atoms with Crippen LogP contribution in [-0.2, 0) is 9.53 Å². The van der Waals surface area contributed by atoms with Gasteiger partial charge in [-0.05, 0) is 54.9 Å². The minimum absolute atomic E-state index is 0.295. The molecule has 0 radical (unpaired) electrons. The molecule has 1 aliphatic heterocycles. The summed E-state index contributed by atoms with van der Waals surface area (Å²) in [6.07, 6.45) is 0. The molecule has 1 atom stereocenters. The lowest BCUT2D eigenvalue weighted by Gasteiger charge is -2.32. The Morgan fingerprint density at radius 2 is 1.93 bits per heavy atom. The average Bonchev–Trinajstić information content (AvgIpc) is 2.68. The Bertz CT molecular complexity index is 894. The normalized spacial score (nSPS) is 16.4. The van der Waals surface area contributed by atoms with Crippen molar-refractivity contribution in [3.05, 3.63) is 70.8 Å². The maximum atomic E-state index is 12.9. The lowest BCUT2D eigenvalue weighted by atomic mass is 9.90. The fraction of sp³-hybridized carbons (Fsp3) is 0.238. The number of aryl methyl sites for hydroxylation is 1. The molecule has 1 aliphatic rings. The Kier molecular flexibility index (Phi) is 5.76. The summed E-state index contributed by atoms with van der Waals surface area (Å²) in [5.74, 6) is 0.386. The van der Waals surface area contributed by atoms with Gasteiger partial charge >= 0.3 is 5.97 Å². The van der Waals surface area contributed by atoms with Gasteiger partial charge in [0.05, 0.1) is 31.0 Å². The first kappa shape index (κ1) is 18.9. The fourth-order valence-electron chi connectivity index (χ4n) is 3.16. The summed E-state index contributed by atoms with van der Waals surface area (Å²) in [7, 11) is 1.63. The number of thiocarbonyl (C=S) groups is 1. The molecule has 3 rings (SSSR count). The zero-order valence-electron chi connectivity index (χ0n) is 15.5. The summed E-state index contributed by atoms with van der Waals surface area (Å²) >= 11 is 5.42. The molecular formula is C21H22N2O3S. The van der Waals surface area contributed by atoms with E-state index in [1.807, 2.05) is 55.5 Å². The molecule has 0 unspecified atom stereocenters. The number of carbonyl (C=O) groups is 1. The number of benzene rings is 2. The van der Waals surface area contributed by atoms with E-state index in [1.54, 1.807) is 14.0 Å². The van der Waals surface area contributed by atoms with Gasteiger partial charge in [-0.1, -0.05) is 36.4 Å². The highest BCUT2D eigenvalue weighted by atomic mass is 32.1. The monoisotopic (exact) mass is 382 g/mol. The fourth-order valence-corrected chi connectivity index (χ4v) is 3.38. The van der Waals surface area contributed by atoms with Crippen molar-refractivity contribution < 1.29 is 14.3 Å². The number of hydrogen-bond acceptors (Lipinski definition) is 4. The molecule has 5 nitrogen and oxygen atoms in total. The molecule has 0 saturated heterocycles. The highest BCUT2D eigenvalue weighted by Gasteiger charge is 2.33. The van der Waals surface area contributed by atoms with E-state index in [0.717, 1.165) is 22.4 Å². The van der Waals surface area contributed by atoms with Crippen LogP contribution >= 0.6 is 12.2 Å². The number of carbonyl (C=O) groups excluding carboxylic acids is 1. The lowest BCUT2D eigenvalue weighted by Crippen LogP contribution is -2.45. The van der Waals surface area contributed by atoms with Crippen molar-refractivity contribution in [2.24, 2.45) is 0 Å². The van der Waals surface area contributed by atoms with E-state index in [-0.39, 0.29) is 5.97 Å². The van der Waals surface area contributed by atoms with E-state index in [9.17, 15) is 4.79 Å². The van der Waals surface area contributed by atoms with Crippen LogP contribution in [0.15, 0.2) is 54.1 Å². The maximum Gasteiger partial charge on any atom is 0.338 e. The summed E-state index contributed by atoms with van der Waals surface area (Å²) in [6.45, 7) is 4.07. The molecule has 1 heterocycles. The third-order valence-corrected chi connectivity index (χ3v) is 4.64. The van der Waals surface area contributed by atoms with Crippen molar-refractivity contribution in [3.8, 4) is 5.75 Å². The molecule has 0 fully saturated rings. The second-order valence-electron chi connectivity index (χ2n) is 6.13. The Balaban J connectivity index is 2.18. The van der Waals surface area contributed by atoms with Crippen LogP contribution in [0.3, 0.4) is 0 Å². The van der Waals surface area contributed by atoms with Gasteiger partial charge in [0.1, 0.15) is 5.75 Å². The largest absolute Gasteiger partial charge is 0.497 e. The van der Waals surface area contributed by atoms with Crippen molar-refractivity contribution in [2.45, 2.75) is 19.9 Å². The van der Waals surface area contributed by atoms with Gasteiger partial charge < -0.3 is 20.1 Å². The second-order valence-corrected chi connectivity index (χ2v) is 6.54. The summed E-state index contributed by atoms with van der Waals surface area (Å²) in [4.78, 5) is 12.9. The van der Waals surface area contributed by atoms with Crippen LogP contribution < -0.4 is 15.4 Å².